The molecule has 5 heterocycles. The number of carbonyl (C=O) groups excluding carboxylic acids is 1. The highest BCUT2D eigenvalue weighted by atomic mass is 31.3. The molecule has 0 radical (unpaired) electrons. The second-order valence-corrected chi connectivity index (χ2v) is 19.5. The van der Waals surface area contributed by atoms with Gasteiger partial charge >= 0.3 is 34.8 Å². The number of phosphoric ester groups is 1. The quantitative estimate of drug-likeness (QED) is 0.0192. The zero-order chi connectivity index (χ0) is 51.1. The lowest BCUT2D eigenvalue weighted by molar-refractivity contribution is -0.299. The number of nitrogens with one attached hydrogen (secondary N) is 2. The third-order valence-corrected chi connectivity index (χ3v) is 13.7. The highest BCUT2D eigenvalue weighted by Gasteiger charge is 2.43. The molecule has 30 nitrogen and oxygen atoms in total. The molecule has 2 saturated heterocycles. The molecular formula is C37H51N8O22P3. The van der Waals surface area contributed by atoms with E-state index >= 15 is 0 Å². The number of ether oxygens (including phenoxy) is 4. The van der Waals surface area contributed by atoms with Gasteiger partial charge < -0.3 is 59.8 Å². The van der Waals surface area contributed by atoms with Crippen LogP contribution in [0.4, 0.5) is 5.82 Å². The highest BCUT2D eigenvalue weighted by Crippen LogP contribution is 2.66. The van der Waals surface area contributed by atoms with Gasteiger partial charge in [0.1, 0.15) is 55.3 Å². The summed E-state index contributed by atoms with van der Waals surface area (Å²) in [5, 5.41) is 30.8. The van der Waals surface area contributed by atoms with E-state index in [0.717, 1.165) is 29.3 Å². The first kappa shape index (κ1) is 56.3. The molecule has 2 aromatic heterocycles. The minimum absolute atomic E-state index is 0.0142. The number of unbranched alkanes of at least 4 members (excludes halogenated alkanes) is 2. The molecule has 2 aromatic rings. The average Bonchev–Trinajstić information content (AvgIpc) is 4.01. The summed E-state index contributed by atoms with van der Waals surface area (Å²) in [7, 11) is -15.4. The van der Waals surface area contributed by atoms with Crippen LogP contribution in [0.3, 0.4) is 0 Å². The third kappa shape index (κ3) is 17.9. The van der Waals surface area contributed by atoms with Gasteiger partial charge in [0.25, 0.3) is 5.56 Å². The van der Waals surface area contributed by atoms with Gasteiger partial charge in [0, 0.05) is 45.2 Å². The van der Waals surface area contributed by atoms with Gasteiger partial charge in [0.05, 0.1) is 56.4 Å². The van der Waals surface area contributed by atoms with Crippen LogP contribution in [-0.4, -0.2) is 139 Å². The number of methoxy groups -OCH3 is 1. The first-order valence-corrected chi connectivity index (χ1v) is 25.5. The van der Waals surface area contributed by atoms with Gasteiger partial charge in [-0.15, -0.1) is 0 Å². The minimum atomic E-state index is -5.78. The Morgan fingerprint density at radius 2 is 1.66 bits per heavy atom. The Morgan fingerprint density at radius 3 is 2.39 bits per heavy atom. The zero-order valence-corrected chi connectivity index (χ0v) is 39.7. The summed E-state index contributed by atoms with van der Waals surface area (Å²) in [6, 6.07) is -0.334. The molecule has 0 bridgehead atoms. The summed E-state index contributed by atoms with van der Waals surface area (Å²) >= 11 is 0. The molecule has 5 unspecified atom stereocenters. The average molecular weight is 1050 g/mol. The third-order valence-electron chi connectivity index (χ3n) is 9.89. The number of phosphoric acid groups is 3. The number of aliphatic hydroxyl groups excluding tert-OH is 2. The molecule has 5 rings (SSSR count). The molecule has 33 heteroatoms. The second-order valence-electron chi connectivity index (χ2n) is 15.1. The number of carbonyl (C=O) groups is 1. The molecule has 0 spiro atoms. The summed E-state index contributed by atoms with van der Waals surface area (Å²) in [5.41, 5.74) is 4.59. The SMILES string of the molecule is COC1C[C@H](n2cc(C#CCCCCC3=CC(COOCCOCCC(=O)NCC#Cc4cn([C@H]5CC(O)[C@@H](COP(=O)(O)OP(=O)(O)OP(=O)(O)O)O5)c(=O)nc4N)N=N3)c(=O)[nH]c2=O)O[C@@H]1CO. The van der Waals surface area contributed by atoms with Crippen LogP contribution < -0.4 is 28.0 Å². The van der Waals surface area contributed by atoms with Crippen LogP contribution in [0.5, 0.6) is 0 Å². The number of anilines is 1. The number of H-pyrrole nitrogens is 1. The largest absolute Gasteiger partial charge is 0.490 e. The Balaban J connectivity index is 0.916. The van der Waals surface area contributed by atoms with Crippen molar-refractivity contribution in [3.63, 3.8) is 0 Å². The molecule has 70 heavy (non-hydrogen) atoms. The molecular weight excluding hydrogens is 1000 g/mol. The number of allylic oxidation sites excluding steroid dienone is 1. The molecule has 386 valence electrons. The highest BCUT2D eigenvalue weighted by molar-refractivity contribution is 7.66. The molecule has 10 N–H and O–H groups in total. The fourth-order valence-corrected chi connectivity index (χ4v) is 9.63. The van der Waals surface area contributed by atoms with Crippen molar-refractivity contribution in [1.82, 2.24) is 24.4 Å². The number of aliphatic hydroxyl groups is 2. The molecule has 1 amide bonds. The lowest BCUT2D eigenvalue weighted by Gasteiger charge is -2.19. The van der Waals surface area contributed by atoms with Crippen molar-refractivity contribution in [2.75, 3.05) is 59.0 Å². The Hall–Kier alpha value is -4.62. The molecule has 0 aliphatic carbocycles. The lowest BCUT2D eigenvalue weighted by Crippen LogP contribution is -2.33. The van der Waals surface area contributed by atoms with E-state index in [4.69, 9.17) is 44.2 Å². The molecule has 0 aromatic carbocycles. The van der Waals surface area contributed by atoms with Crippen molar-refractivity contribution in [2.45, 2.75) is 87.9 Å². The van der Waals surface area contributed by atoms with Crippen LogP contribution in [0.2, 0.25) is 0 Å². The predicted octanol–water partition coefficient (Wildman–Crippen LogP) is -0.885. The zero-order valence-electron chi connectivity index (χ0n) is 37.0. The predicted molar refractivity (Wildman–Crippen MR) is 234 cm³/mol. The van der Waals surface area contributed by atoms with Crippen LogP contribution in [0, 0.1) is 23.7 Å². The second kappa shape index (κ2) is 26.2. The number of hydrogen-bond acceptors (Lipinski definition) is 22. The number of aromatic nitrogens is 4. The fraction of sp³-hybridized carbons (Fsp3) is 0.595. The van der Waals surface area contributed by atoms with Gasteiger partial charge in [-0.3, -0.25) is 28.2 Å². The maximum absolute atomic E-state index is 12.6. The van der Waals surface area contributed by atoms with Crippen molar-refractivity contribution < 1.29 is 90.1 Å². The molecule has 3 aliphatic heterocycles. The van der Waals surface area contributed by atoms with E-state index < -0.39 is 89.8 Å². The first-order chi connectivity index (χ1) is 33.2. The Labute approximate surface area is 396 Å². The number of aromatic amines is 1. The normalized spacial score (nSPS) is 23.7. The van der Waals surface area contributed by atoms with E-state index in [9.17, 15) is 52.9 Å². The number of azo groups is 1. The van der Waals surface area contributed by atoms with Crippen LogP contribution >= 0.6 is 23.5 Å². The Kier molecular flexibility index (Phi) is 21.1. The number of nitrogens with two attached hydrogens (primary N) is 1. The van der Waals surface area contributed by atoms with E-state index in [-0.39, 0.29) is 75.4 Å². The van der Waals surface area contributed by atoms with Gasteiger partial charge in [-0.05, 0) is 25.3 Å². The molecule has 0 saturated carbocycles. The Morgan fingerprint density at radius 1 is 0.929 bits per heavy atom. The topological polar surface area (TPSA) is 425 Å². The lowest BCUT2D eigenvalue weighted by atomic mass is 10.1. The van der Waals surface area contributed by atoms with Crippen molar-refractivity contribution >= 4 is 35.2 Å². The van der Waals surface area contributed by atoms with Gasteiger partial charge in [-0.1, -0.05) is 23.7 Å². The van der Waals surface area contributed by atoms with Crippen molar-refractivity contribution in [1.29, 1.82) is 0 Å². The maximum Gasteiger partial charge on any atom is 0.490 e. The van der Waals surface area contributed by atoms with E-state index in [1.165, 1.54) is 17.9 Å². The summed E-state index contributed by atoms with van der Waals surface area (Å²) in [6.07, 6.45) is 1.22. The minimum Gasteiger partial charge on any atom is -0.394 e. The number of nitrogens with zero attached hydrogens (tertiary/aromatic N) is 5. The van der Waals surface area contributed by atoms with E-state index in [1.54, 1.807) is 0 Å². The van der Waals surface area contributed by atoms with Gasteiger partial charge in [0.2, 0.25) is 5.91 Å². The number of nitrogen functional groups attached to an aromatic ring is 1. The van der Waals surface area contributed by atoms with Crippen LogP contribution in [0.1, 0.15) is 68.5 Å². The van der Waals surface area contributed by atoms with Crippen LogP contribution in [-0.2, 0) is 60.4 Å². The van der Waals surface area contributed by atoms with Crippen LogP contribution in [0.15, 0.2) is 48.8 Å². The van der Waals surface area contributed by atoms with E-state index in [0.29, 0.717) is 19.3 Å². The summed E-state index contributed by atoms with van der Waals surface area (Å²) in [5.74, 6) is 10.4. The first-order valence-electron chi connectivity index (χ1n) is 21.0. The van der Waals surface area contributed by atoms with Crippen molar-refractivity contribution in [3.8, 4) is 23.7 Å². The smallest absolute Gasteiger partial charge is 0.394 e. The summed E-state index contributed by atoms with van der Waals surface area (Å²) in [6.45, 7) is -1.01. The number of hydrogen-bond donors (Lipinski definition) is 9. The van der Waals surface area contributed by atoms with Gasteiger partial charge in [0.15, 0.2) is 0 Å². The van der Waals surface area contributed by atoms with Gasteiger partial charge in [-0.2, -0.15) is 23.8 Å². The van der Waals surface area contributed by atoms with Crippen molar-refractivity contribution in [2.24, 2.45) is 10.2 Å². The maximum atomic E-state index is 12.6. The fourth-order valence-electron chi connectivity index (χ4n) is 6.60. The monoisotopic (exact) mass is 1050 g/mol. The molecule has 2 fully saturated rings. The van der Waals surface area contributed by atoms with Crippen molar-refractivity contribution in [3.05, 3.63) is 66.6 Å². The number of amides is 1. The van der Waals surface area contributed by atoms with Crippen LogP contribution in [0.25, 0.3) is 0 Å². The summed E-state index contributed by atoms with van der Waals surface area (Å²) < 4.78 is 70.2. The standard InChI is InChI=1S/C37H51N8O22P3/c1-59-28-17-33(64-29(28)20-46)45-19-24(35(49)41-37(45)51)7-4-2-3-5-9-25-15-26(43-42-25)21-62-61-14-13-60-12-10-31(48)39-11-6-8-23-18-44(36(50)40-34(23)38)32-16-27(47)30(65-32)22-63-69(55,56)67-70(57,58)66-68(52,53)54/h15,18-19,26-30,32-33,46-47H,2-3,5,9-14,16-17,20-22H2,1H3,(H,39,48)(H,55,56)(H,57,58)(H2,38,40,50)(H,41,49,51)(H2,52,53,54)/t26?,27?,28?,29-,30-,32-,33-/m1/s1. The number of rotatable bonds is 25. The van der Waals surface area contributed by atoms with E-state index in [2.05, 4.69) is 62.3 Å². The summed E-state index contributed by atoms with van der Waals surface area (Å²) in [4.78, 5) is 102. The molecule has 3 aliphatic rings. The van der Waals surface area contributed by atoms with E-state index in [1.807, 2.05) is 6.08 Å². The van der Waals surface area contributed by atoms with Gasteiger partial charge in [-0.25, -0.2) is 33.1 Å². The Bertz CT molecular complexity index is 2660. The molecule has 9 atom stereocenters.